The molecule has 1 aliphatic rings. The Hall–Kier alpha value is -0.800. The smallest absolute Gasteiger partial charge is 0.274 e. The molecule has 0 N–H and O–H groups in total. The van der Waals surface area contributed by atoms with Gasteiger partial charge in [0.05, 0.1) is 5.02 Å². The summed E-state index contributed by atoms with van der Waals surface area (Å²) in [6.45, 7) is 2.23. The maximum absolute atomic E-state index is 12.5. The molecule has 0 radical (unpaired) electrons. The minimum Gasteiger partial charge on any atom is -0.337 e. The molecule has 0 spiro atoms. The topological polar surface area (TPSA) is 33.2 Å². The molecule has 1 heterocycles. The fourth-order valence-corrected chi connectivity index (χ4v) is 3.18. The van der Waals surface area contributed by atoms with Gasteiger partial charge in [0.1, 0.15) is 10.8 Å². The van der Waals surface area contributed by atoms with E-state index < -0.39 is 0 Å². The summed E-state index contributed by atoms with van der Waals surface area (Å²) < 4.78 is 0. The number of pyridine rings is 1. The lowest BCUT2D eigenvalue weighted by molar-refractivity contribution is 0.0669. The van der Waals surface area contributed by atoms with Crippen molar-refractivity contribution in [2.24, 2.45) is 5.92 Å². The number of amides is 1. The third kappa shape index (κ3) is 3.44. The lowest BCUT2D eigenvalue weighted by atomic mass is 9.84. The Bertz CT molecular complexity index is 485. The van der Waals surface area contributed by atoms with E-state index in [9.17, 15) is 4.79 Å². The molecule has 1 aliphatic carbocycles. The van der Waals surface area contributed by atoms with E-state index in [-0.39, 0.29) is 17.6 Å². The molecule has 0 aliphatic heterocycles. The van der Waals surface area contributed by atoms with Crippen LogP contribution in [0.2, 0.25) is 10.2 Å². The lowest BCUT2D eigenvalue weighted by Crippen LogP contribution is -2.40. The van der Waals surface area contributed by atoms with E-state index in [0.29, 0.717) is 10.2 Å². The van der Waals surface area contributed by atoms with Gasteiger partial charge in [0.25, 0.3) is 5.91 Å². The molecular weight excluding hydrogens is 295 g/mol. The predicted octanol–water partition coefficient (Wildman–Crippen LogP) is 4.43. The highest BCUT2D eigenvalue weighted by atomic mass is 35.5. The Morgan fingerprint density at radius 1 is 1.30 bits per heavy atom. The minimum absolute atomic E-state index is 0.141. The second-order valence-electron chi connectivity index (χ2n) is 5.46. The van der Waals surface area contributed by atoms with Crippen molar-refractivity contribution < 1.29 is 4.79 Å². The molecule has 1 aromatic heterocycles. The molecule has 0 unspecified atom stereocenters. The number of hydrogen-bond donors (Lipinski definition) is 0. The number of carbonyl (C=O) groups is 1. The van der Waals surface area contributed by atoms with Crippen LogP contribution in [0.25, 0.3) is 0 Å². The summed E-state index contributed by atoms with van der Waals surface area (Å²) in [5.41, 5.74) is 0.249. The molecule has 0 bridgehead atoms. The van der Waals surface area contributed by atoms with Crippen molar-refractivity contribution in [1.82, 2.24) is 9.88 Å². The second kappa shape index (κ2) is 6.77. The molecule has 0 saturated heterocycles. The van der Waals surface area contributed by atoms with E-state index in [1.165, 1.54) is 19.3 Å². The Kier molecular flexibility index (Phi) is 5.28. The highest BCUT2D eigenvalue weighted by Crippen LogP contribution is 2.30. The Labute approximate surface area is 130 Å². The zero-order valence-electron chi connectivity index (χ0n) is 11.9. The van der Waals surface area contributed by atoms with Gasteiger partial charge in [0, 0.05) is 13.1 Å². The van der Waals surface area contributed by atoms with Crippen molar-refractivity contribution in [1.29, 1.82) is 0 Å². The number of rotatable bonds is 3. The van der Waals surface area contributed by atoms with E-state index in [1.807, 2.05) is 7.05 Å². The fraction of sp³-hybridized carbons (Fsp3) is 0.600. The molecule has 20 heavy (non-hydrogen) atoms. The van der Waals surface area contributed by atoms with Crippen LogP contribution in [0.1, 0.15) is 49.5 Å². The van der Waals surface area contributed by atoms with Crippen molar-refractivity contribution in [3.63, 3.8) is 0 Å². The first-order chi connectivity index (χ1) is 9.52. The summed E-state index contributed by atoms with van der Waals surface area (Å²) in [5, 5.41) is 0.648. The van der Waals surface area contributed by atoms with Gasteiger partial charge in [0.15, 0.2) is 0 Å². The number of nitrogens with zero attached hydrogens (tertiary/aromatic N) is 2. The van der Waals surface area contributed by atoms with E-state index in [1.54, 1.807) is 17.0 Å². The number of halogens is 2. The molecular formula is C15H20Cl2N2O. The standard InChI is InChI=1S/C15H20Cl2N2O/c1-3-10-4-6-11(7-5-10)19(2)15(20)14-12(16)8-9-13(17)18-14/h8-11H,3-7H2,1-2H3. The van der Waals surface area contributed by atoms with Gasteiger partial charge in [-0.25, -0.2) is 4.98 Å². The molecule has 110 valence electrons. The molecule has 1 amide bonds. The van der Waals surface area contributed by atoms with E-state index in [4.69, 9.17) is 23.2 Å². The van der Waals surface area contributed by atoms with Gasteiger partial charge in [-0.05, 0) is 43.7 Å². The van der Waals surface area contributed by atoms with Crippen molar-refractivity contribution in [2.75, 3.05) is 7.05 Å². The highest BCUT2D eigenvalue weighted by molar-refractivity contribution is 6.34. The Morgan fingerprint density at radius 2 is 1.95 bits per heavy atom. The largest absolute Gasteiger partial charge is 0.337 e. The van der Waals surface area contributed by atoms with E-state index >= 15 is 0 Å². The van der Waals surface area contributed by atoms with E-state index in [0.717, 1.165) is 18.8 Å². The van der Waals surface area contributed by atoms with Gasteiger partial charge >= 0.3 is 0 Å². The zero-order chi connectivity index (χ0) is 14.7. The molecule has 2 rings (SSSR count). The monoisotopic (exact) mass is 314 g/mol. The van der Waals surface area contributed by atoms with Gasteiger partial charge in [-0.3, -0.25) is 4.79 Å². The molecule has 1 saturated carbocycles. The average molecular weight is 315 g/mol. The maximum Gasteiger partial charge on any atom is 0.274 e. The van der Waals surface area contributed by atoms with Crippen LogP contribution in [0.4, 0.5) is 0 Å². The molecule has 0 aromatic carbocycles. The van der Waals surface area contributed by atoms with Crippen molar-refractivity contribution in [3.05, 3.63) is 28.0 Å². The van der Waals surface area contributed by atoms with Crippen molar-refractivity contribution in [2.45, 2.75) is 45.1 Å². The van der Waals surface area contributed by atoms with Crippen LogP contribution in [0.5, 0.6) is 0 Å². The molecule has 1 fully saturated rings. The summed E-state index contributed by atoms with van der Waals surface area (Å²) in [5.74, 6) is 0.667. The quantitative estimate of drug-likeness (QED) is 0.773. The van der Waals surface area contributed by atoms with Gasteiger partial charge in [-0.2, -0.15) is 0 Å². The van der Waals surface area contributed by atoms with Gasteiger partial charge in [0.2, 0.25) is 0 Å². The Balaban J connectivity index is 2.07. The van der Waals surface area contributed by atoms with Crippen LogP contribution in [0.3, 0.4) is 0 Å². The fourth-order valence-electron chi connectivity index (χ4n) is 2.84. The predicted molar refractivity (Wildman–Crippen MR) is 82.4 cm³/mol. The van der Waals surface area contributed by atoms with Crippen LogP contribution in [0.15, 0.2) is 12.1 Å². The zero-order valence-corrected chi connectivity index (χ0v) is 13.4. The van der Waals surface area contributed by atoms with Gasteiger partial charge in [-0.15, -0.1) is 0 Å². The summed E-state index contributed by atoms with van der Waals surface area (Å²) in [6, 6.07) is 3.49. The second-order valence-corrected chi connectivity index (χ2v) is 6.26. The third-order valence-corrected chi connectivity index (χ3v) is 4.79. The number of hydrogen-bond acceptors (Lipinski definition) is 2. The van der Waals surface area contributed by atoms with Crippen LogP contribution >= 0.6 is 23.2 Å². The summed E-state index contributed by atoms with van der Waals surface area (Å²) in [6.07, 6.45) is 5.72. The van der Waals surface area contributed by atoms with Crippen LogP contribution in [0, 0.1) is 5.92 Å². The molecule has 1 aromatic rings. The average Bonchev–Trinajstić information content (AvgIpc) is 2.48. The van der Waals surface area contributed by atoms with Crippen molar-refractivity contribution in [3.8, 4) is 0 Å². The van der Waals surface area contributed by atoms with Crippen LogP contribution in [-0.2, 0) is 0 Å². The van der Waals surface area contributed by atoms with E-state index in [2.05, 4.69) is 11.9 Å². The number of carbonyl (C=O) groups excluding carboxylic acids is 1. The minimum atomic E-state index is -0.141. The lowest BCUT2D eigenvalue weighted by Gasteiger charge is -2.34. The molecule has 3 nitrogen and oxygen atoms in total. The van der Waals surface area contributed by atoms with Gasteiger partial charge in [-0.1, -0.05) is 36.5 Å². The highest BCUT2D eigenvalue weighted by Gasteiger charge is 2.28. The number of aromatic nitrogens is 1. The Morgan fingerprint density at radius 3 is 2.55 bits per heavy atom. The summed E-state index contributed by atoms with van der Waals surface area (Å²) in [7, 11) is 1.83. The normalized spacial score (nSPS) is 22.6. The first-order valence-corrected chi connectivity index (χ1v) is 7.87. The van der Waals surface area contributed by atoms with Crippen molar-refractivity contribution >= 4 is 29.1 Å². The summed E-state index contributed by atoms with van der Waals surface area (Å²) >= 11 is 11.9. The maximum atomic E-state index is 12.5. The van der Waals surface area contributed by atoms with Gasteiger partial charge < -0.3 is 4.90 Å². The van der Waals surface area contributed by atoms with Crippen LogP contribution in [-0.4, -0.2) is 28.9 Å². The molecule has 5 heteroatoms. The first kappa shape index (κ1) is 15.6. The summed E-state index contributed by atoms with van der Waals surface area (Å²) in [4.78, 5) is 18.3. The first-order valence-electron chi connectivity index (χ1n) is 7.12. The molecule has 0 atom stereocenters. The van der Waals surface area contributed by atoms with Crippen LogP contribution < -0.4 is 0 Å². The third-order valence-electron chi connectivity index (χ3n) is 4.28. The SMILES string of the molecule is CCC1CCC(N(C)C(=O)c2nc(Cl)ccc2Cl)CC1.